The van der Waals surface area contributed by atoms with E-state index in [9.17, 15) is 9.59 Å². The van der Waals surface area contributed by atoms with Crippen LogP contribution < -0.4 is 10.6 Å². The number of nitrogens with one attached hydrogen (secondary N) is 2. The van der Waals surface area contributed by atoms with Gasteiger partial charge in [-0.05, 0) is 38.0 Å². The molecule has 0 radical (unpaired) electrons. The van der Waals surface area contributed by atoms with E-state index in [2.05, 4.69) is 10.6 Å². The second-order valence-electron chi connectivity index (χ2n) is 4.93. The van der Waals surface area contributed by atoms with Crippen LogP contribution in [0.1, 0.15) is 38.8 Å². The number of likely N-dealkylation sites (N-methyl/N-ethyl adjacent to an activating group) is 2. The van der Waals surface area contributed by atoms with Crippen LogP contribution in [0.15, 0.2) is 24.3 Å². The van der Waals surface area contributed by atoms with Gasteiger partial charge in [0.1, 0.15) is 6.54 Å². The van der Waals surface area contributed by atoms with Crippen LogP contribution in [-0.2, 0) is 4.79 Å². The first kappa shape index (κ1) is 18.3. The fourth-order valence-electron chi connectivity index (χ4n) is 2.14. The standard InChI is InChI=1S/C16H24ClN3O2/c1-4-14(12-8-7-9-13(17)10-12)19-16(22)20(6-3)11-15(21)18-5-2/h7-10,14H,4-6,11H2,1-3H3,(H,18,21)(H,19,22)/t14-/m0/s1. The zero-order valence-electron chi connectivity index (χ0n) is 13.4. The van der Waals surface area contributed by atoms with Crippen LogP contribution in [0.25, 0.3) is 0 Å². The van der Waals surface area contributed by atoms with Crippen LogP contribution in [0, 0.1) is 0 Å². The molecule has 3 amide bonds. The normalized spacial score (nSPS) is 11.6. The molecule has 0 saturated carbocycles. The maximum atomic E-state index is 12.3. The SMILES string of the molecule is CCNC(=O)CN(CC)C(=O)N[C@@H](CC)c1cccc(Cl)c1. The summed E-state index contributed by atoms with van der Waals surface area (Å²) in [6, 6.07) is 7.05. The molecule has 0 saturated heterocycles. The van der Waals surface area contributed by atoms with Gasteiger partial charge in [-0.2, -0.15) is 0 Å². The van der Waals surface area contributed by atoms with Crippen molar-refractivity contribution in [3.05, 3.63) is 34.9 Å². The number of urea groups is 1. The van der Waals surface area contributed by atoms with E-state index in [0.29, 0.717) is 18.1 Å². The molecule has 5 nitrogen and oxygen atoms in total. The summed E-state index contributed by atoms with van der Waals surface area (Å²) in [5.74, 6) is -0.157. The summed E-state index contributed by atoms with van der Waals surface area (Å²) in [5.41, 5.74) is 0.956. The Morgan fingerprint density at radius 1 is 1.27 bits per heavy atom. The highest BCUT2D eigenvalue weighted by atomic mass is 35.5. The summed E-state index contributed by atoms with van der Waals surface area (Å²) >= 11 is 6.00. The maximum absolute atomic E-state index is 12.3. The Balaban J connectivity index is 2.72. The largest absolute Gasteiger partial charge is 0.355 e. The van der Waals surface area contributed by atoms with Gasteiger partial charge in [0.2, 0.25) is 5.91 Å². The minimum Gasteiger partial charge on any atom is -0.355 e. The number of halogens is 1. The van der Waals surface area contributed by atoms with Crippen molar-refractivity contribution < 1.29 is 9.59 Å². The second-order valence-corrected chi connectivity index (χ2v) is 5.37. The maximum Gasteiger partial charge on any atom is 0.318 e. The Kier molecular flexibility index (Phi) is 7.74. The summed E-state index contributed by atoms with van der Waals surface area (Å²) in [6.45, 7) is 6.76. The van der Waals surface area contributed by atoms with Gasteiger partial charge in [0, 0.05) is 18.1 Å². The molecule has 1 atom stereocenters. The Morgan fingerprint density at radius 3 is 2.55 bits per heavy atom. The van der Waals surface area contributed by atoms with Crippen molar-refractivity contribution in [3.8, 4) is 0 Å². The highest BCUT2D eigenvalue weighted by Crippen LogP contribution is 2.20. The van der Waals surface area contributed by atoms with E-state index < -0.39 is 0 Å². The summed E-state index contributed by atoms with van der Waals surface area (Å²) < 4.78 is 0. The molecule has 0 aromatic heterocycles. The first-order valence-electron chi connectivity index (χ1n) is 7.59. The lowest BCUT2D eigenvalue weighted by Gasteiger charge is -2.25. The van der Waals surface area contributed by atoms with E-state index >= 15 is 0 Å². The van der Waals surface area contributed by atoms with Crippen molar-refractivity contribution >= 4 is 23.5 Å². The fourth-order valence-corrected chi connectivity index (χ4v) is 2.34. The summed E-state index contributed by atoms with van der Waals surface area (Å²) in [7, 11) is 0. The molecule has 22 heavy (non-hydrogen) atoms. The van der Waals surface area contributed by atoms with E-state index in [1.807, 2.05) is 39.0 Å². The molecule has 0 aliphatic heterocycles. The van der Waals surface area contributed by atoms with Gasteiger partial charge < -0.3 is 15.5 Å². The predicted molar refractivity (Wildman–Crippen MR) is 88.9 cm³/mol. The highest BCUT2D eigenvalue weighted by molar-refractivity contribution is 6.30. The minimum absolute atomic E-state index is 0.0577. The quantitative estimate of drug-likeness (QED) is 0.809. The Hall–Kier alpha value is -1.75. The van der Waals surface area contributed by atoms with Crippen molar-refractivity contribution in [2.45, 2.75) is 33.2 Å². The minimum atomic E-state index is -0.249. The van der Waals surface area contributed by atoms with Gasteiger partial charge in [-0.25, -0.2) is 4.79 Å². The molecule has 0 spiro atoms. The molecule has 1 rings (SSSR count). The van der Waals surface area contributed by atoms with E-state index in [1.54, 1.807) is 6.07 Å². The first-order chi connectivity index (χ1) is 10.5. The lowest BCUT2D eigenvalue weighted by atomic mass is 10.1. The van der Waals surface area contributed by atoms with Gasteiger partial charge in [0.05, 0.1) is 6.04 Å². The lowest BCUT2D eigenvalue weighted by molar-refractivity contribution is -0.121. The molecular formula is C16H24ClN3O2. The molecule has 0 aliphatic rings. The number of carbonyl (C=O) groups is 2. The monoisotopic (exact) mass is 325 g/mol. The highest BCUT2D eigenvalue weighted by Gasteiger charge is 2.19. The molecule has 6 heteroatoms. The van der Waals surface area contributed by atoms with E-state index in [-0.39, 0.29) is 24.5 Å². The number of nitrogens with zero attached hydrogens (tertiary/aromatic N) is 1. The van der Waals surface area contributed by atoms with Crippen molar-refractivity contribution in [3.63, 3.8) is 0 Å². The number of carbonyl (C=O) groups excluding carboxylic acids is 2. The van der Waals surface area contributed by atoms with Gasteiger partial charge in [-0.15, -0.1) is 0 Å². The smallest absolute Gasteiger partial charge is 0.318 e. The van der Waals surface area contributed by atoms with Gasteiger partial charge in [-0.3, -0.25) is 4.79 Å². The van der Waals surface area contributed by atoms with Gasteiger partial charge in [0.25, 0.3) is 0 Å². The average molecular weight is 326 g/mol. The first-order valence-corrected chi connectivity index (χ1v) is 7.97. The number of hydrogen-bond donors (Lipinski definition) is 2. The van der Waals surface area contributed by atoms with Crippen molar-refractivity contribution in [1.82, 2.24) is 15.5 Å². The van der Waals surface area contributed by atoms with Crippen molar-refractivity contribution in [1.29, 1.82) is 0 Å². The van der Waals surface area contributed by atoms with Gasteiger partial charge >= 0.3 is 6.03 Å². The van der Waals surface area contributed by atoms with Crippen LogP contribution >= 0.6 is 11.6 Å². The zero-order chi connectivity index (χ0) is 16.5. The fraction of sp³-hybridized carbons (Fsp3) is 0.500. The van der Waals surface area contributed by atoms with Crippen molar-refractivity contribution in [2.75, 3.05) is 19.6 Å². The third-order valence-corrected chi connectivity index (χ3v) is 3.57. The summed E-state index contributed by atoms with van der Waals surface area (Å²) in [4.78, 5) is 25.5. The molecule has 0 heterocycles. The molecule has 0 bridgehead atoms. The topological polar surface area (TPSA) is 61.4 Å². The second kappa shape index (κ2) is 9.30. The van der Waals surface area contributed by atoms with Crippen molar-refractivity contribution in [2.24, 2.45) is 0 Å². The molecular weight excluding hydrogens is 302 g/mol. The van der Waals surface area contributed by atoms with Gasteiger partial charge in [0.15, 0.2) is 0 Å². The number of amides is 3. The molecule has 0 unspecified atom stereocenters. The Morgan fingerprint density at radius 2 is 2.00 bits per heavy atom. The third kappa shape index (κ3) is 5.56. The van der Waals surface area contributed by atoms with Crippen LogP contribution in [-0.4, -0.2) is 36.5 Å². The van der Waals surface area contributed by atoms with E-state index in [0.717, 1.165) is 12.0 Å². The summed E-state index contributed by atoms with van der Waals surface area (Å²) in [5, 5.41) is 6.29. The Bertz CT molecular complexity index is 508. The van der Waals surface area contributed by atoms with E-state index in [1.165, 1.54) is 4.90 Å². The van der Waals surface area contributed by atoms with Gasteiger partial charge in [-0.1, -0.05) is 30.7 Å². The molecule has 1 aromatic rings. The summed E-state index contributed by atoms with van der Waals surface area (Å²) in [6.07, 6.45) is 0.741. The molecule has 122 valence electrons. The van der Waals surface area contributed by atoms with Crippen LogP contribution in [0.2, 0.25) is 5.02 Å². The van der Waals surface area contributed by atoms with Crippen LogP contribution in [0.5, 0.6) is 0 Å². The molecule has 1 aromatic carbocycles. The van der Waals surface area contributed by atoms with E-state index in [4.69, 9.17) is 11.6 Å². The lowest BCUT2D eigenvalue weighted by Crippen LogP contribution is -2.46. The molecule has 0 fully saturated rings. The van der Waals surface area contributed by atoms with Crippen LogP contribution in [0.3, 0.4) is 0 Å². The zero-order valence-corrected chi connectivity index (χ0v) is 14.1. The predicted octanol–water partition coefficient (Wildman–Crippen LogP) is 2.96. The third-order valence-electron chi connectivity index (χ3n) is 3.33. The average Bonchev–Trinajstić information content (AvgIpc) is 2.50. The van der Waals surface area contributed by atoms with Crippen LogP contribution in [0.4, 0.5) is 4.79 Å². The number of hydrogen-bond acceptors (Lipinski definition) is 2. The Labute approximate surface area is 137 Å². The number of rotatable bonds is 7. The molecule has 2 N–H and O–H groups in total. The number of benzene rings is 1. The molecule has 0 aliphatic carbocycles.